The first-order valence-corrected chi connectivity index (χ1v) is 8.28. The Bertz CT molecular complexity index is 880. The lowest BCUT2D eigenvalue weighted by Gasteiger charge is -2.23. The monoisotopic (exact) mass is 320 g/mol. The molecular formula is C20H20N2O2. The maximum Gasteiger partial charge on any atom is 0.251 e. The van der Waals surface area contributed by atoms with Crippen LogP contribution < -0.4 is 10.1 Å². The second-order valence-electron chi connectivity index (χ2n) is 6.27. The summed E-state index contributed by atoms with van der Waals surface area (Å²) < 4.78 is 5.13. The van der Waals surface area contributed by atoms with Crippen molar-refractivity contribution in [3.8, 4) is 5.75 Å². The van der Waals surface area contributed by atoms with Crippen molar-refractivity contribution in [3.05, 3.63) is 65.4 Å². The fraction of sp³-hybridized carbons (Fsp3) is 0.250. The molecule has 1 unspecified atom stereocenters. The summed E-state index contributed by atoms with van der Waals surface area (Å²) in [6, 6.07) is 15.8. The lowest BCUT2D eigenvalue weighted by Crippen LogP contribution is -2.38. The predicted molar refractivity (Wildman–Crippen MR) is 94.6 cm³/mol. The molecule has 0 bridgehead atoms. The van der Waals surface area contributed by atoms with Crippen LogP contribution in [0, 0.1) is 0 Å². The number of benzene rings is 2. The highest BCUT2D eigenvalue weighted by Crippen LogP contribution is 2.29. The quantitative estimate of drug-likeness (QED) is 0.776. The average Bonchev–Trinajstić information content (AvgIpc) is 3.00. The summed E-state index contributed by atoms with van der Waals surface area (Å²) in [7, 11) is 1.62. The van der Waals surface area contributed by atoms with E-state index < -0.39 is 0 Å². The number of hydrogen-bond donors (Lipinski definition) is 2. The van der Waals surface area contributed by atoms with E-state index >= 15 is 0 Å². The number of aromatic amines is 1. The highest BCUT2D eigenvalue weighted by atomic mass is 16.5. The van der Waals surface area contributed by atoms with Gasteiger partial charge >= 0.3 is 0 Å². The fourth-order valence-electron chi connectivity index (χ4n) is 3.50. The topological polar surface area (TPSA) is 54.1 Å². The molecule has 0 saturated carbocycles. The van der Waals surface area contributed by atoms with Crippen LogP contribution in [0.15, 0.2) is 48.5 Å². The summed E-state index contributed by atoms with van der Waals surface area (Å²) in [5.74, 6) is 0.735. The van der Waals surface area contributed by atoms with Gasteiger partial charge in [0, 0.05) is 28.2 Å². The third-order valence-electron chi connectivity index (χ3n) is 4.78. The number of rotatable bonds is 3. The van der Waals surface area contributed by atoms with Crippen LogP contribution in [-0.2, 0) is 12.8 Å². The molecule has 0 saturated heterocycles. The smallest absolute Gasteiger partial charge is 0.251 e. The fourth-order valence-corrected chi connectivity index (χ4v) is 3.50. The van der Waals surface area contributed by atoms with Gasteiger partial charge in [-0.25, -0.2) is 0 Å². The summed E-state index contributed by atoms with van der Waals surface area (Å²) in [6.07, 6.45) is 2.81. The minimum Gasteiger partial charge on any atom is -0.497 e. The summed E-state index contributed by atoms with van der Waals surface area (Å²) in [6.45, 7) is 0. The second-order valence-corrected chi connectivity index (χ2v) is 6.27. The van der Waals surface area contributed by atoms with E-state index in [1.54, 1.807) is 19.2 Å². The van der Waals surface area contributed by atoms with Crippen LogP contribution in [0.1, 0.15) is 28.0 Å². The number of amides is 1. The van der Waals surface area contributed by atoms with Gasteiger partial charge in [-0.1, -0.05) is 18.2 Å². The van der Waals surface area contributed by atoms with Crippen molar-refractivity contribution in [2.45, 2.75) is 25.3 Å². The van der Waals surface area contributed by atoms with Gasteiger partial charge in [0.2, 0.25) is 0 Å². The Morgan fingerprint density at radius 1 is 1.17 bits per heavy atom. The molecule has 0 aliphatic heterocycles. The number of methoxy groups -OCH3 is 1. The Kier molecular flexibility index (Phi) is 3.73. The number of fused-ring (bicyclic) bond motifs is 3. The molecule has 4 heteroatoms. The minimum atomic E-state index is -0.0223. The molecule has 2 N–H and O–H groups in total. The molecule has 1 aliphatic rings. The second kappa shape index (κ2) is 6.04. The van der Waals surface area contributed by atoms with Gasteiger partial charge in [0.05, 0.1) is 7.11 Å². The van der Waals surface area contributed by atoms with Gasteiger partial charge in [-0.15, -0.1) is 0 Å². The Balaban J connectivity index is 1.51. The standard InChI is InChI=1S/C20H20N2O2/c1-24-15-9-6-13(7-10-15)20(23)21-14-8-11-19-17(12-14)16-4-2-3-5-18(16)22-19/h2-7,9-10,14,22H,8,11-12H2,1H3,(H,21,23). The Morgan fingerprint density at radius 3 is 2.75 bits per heavy atom. The van der Waals surface area contributed by atoms with Crippen LogP contribution in [0.4, 0.5) is 0 Å². The van der Waals surface area contributed by atoms with E-state index in [1.165, 1.54) is 22.2 Å². The maximum absolute atomic E-state index is 12.5. The number of aryl methyl sites for hydroxylation is 1. The number of carbonyl (C=O) groups excluding carboxylic acids is 1. The van der Waals surface area contributed by atoms with Crippen molar-refractivity contribution in [2.24, 2.45) is 0 Å². The largest absolute Gasteiger partial charge is 0.497 e. The number of aromatic nitrogens is 1. The van der Waals surface area contributed by atoms with Gasteiger partial charge in [0.15, 0.2) is 0 Å². The van der Waals surface area contributed by atoms with Gasteiger partial charge in [-0.05, 0) is 55.2 Å². The highest BCUT2D eigenvalue weighted by Gasteiger charge is 2.23. The first-order valence-electron chi connectivity index (χ1n) is 8.28. The summed E-state index contributed by atoms with van der Waals surface area (Å²) in [5.41, 5.74) is 4.51. The lowest BCUT2D eigenvalue weighted by atomic mass is 9.91. The predicted octanol–water partition coefficient (Wildman–Crippen LogP) is 3.46. The normalized spacial score (nSPS) is 16.6. The molecule has 4 rings (SSSR count). The number of carbonyl (C=O) groups is 1. The van der Waals surface area contributed by atoms with Crippen LogP contribution in [-0.4, -0.2) is 24.0 Å². The first kappa shape index (κ1) is 14.8. The zero-order chi connectivity index (χ0) is 16.5. The SMILES string of the molecule is COc1ccc(C(=O)NC2CCc3[nH]c4ccccc4c3C2)cc1. The van der Waals surface area contributed by atoms with Gasteiger partial charge < -0.3 is 15.0 Å². The van der Waals surface area contributed by atoms with Crippen molar-refractivity contribution in [2.75, 3.05) is 7.11 Å². The molecule has 1 aromatic heterocycles. The number of hydrogen-bond acceptors (Lipinski definition) is 2. The first-order chi connectivity index (χ1) is 11.7. The zero-order valence-corrected chi connectivity index (χ0v) is 13.6. The van der Waals surface area contributed by atoms with Crippen LogP contribution in [0.5, 0.6) is 5.75 Å². The number of ether oxygens (including phenoxy) is 1. The molecule has 1 aliphatic carbocycles. The van der Waals surface area contributed by atoms with E-state index in [2.05, 4.69) is 28.5 Å². The van der Waals surface area contributed by atoms with E-state index in [4.69, 9.17) is 4.74 Å². The van der Waals surface area contributed by atoms with Crippen LogP contribution >= 0.6 is 0 Å². The van der Waals surface area contributed by atoms with Crippen LogP contribution in [0.25, 0.3) is 10.9 Å². The van der Waals surface area contributed by atoms with Crippen molar-refractivity contribution >= 4 is 16.8 Å². The average molecular weight is 320 g/mol. The number of nitrogens with one attached hydrogen (secondary N) is 2. The summed E-state index contributed by atoms with van der Waals surface area (Å²) in [4.78, 5) is 16.0. The number of H-pyrrole nitrogens is 1. The Labute approximate surface area is 140 Å². The molecule has 3 aromatic rings. The van der Waals surface area contributed by atoms with Crippen LogP contribution in [0.3, 0.4) is 0 Å². The molecule has 24 heavy (non-hydrogen) atoms. The highest BCUT2D eigenvalue weighted by molar-refractivity contribution is 5.94. The third kappa shape index (κ3) is 2.64. The van der Waals surface area contributed by atoms with E-state index in [0.717, 1.165) is 25.0 Å². The van der Waals surface area contributed by atoms with Crippen molar-refractivity contribution in [1.82, 2.24) is 10.3 Å². The zero-order valence-electron chi connectivity index (χ0n) is 13.6. The molecule has 1 amide bonds. The van der Waals surface area contributed by atoms with Gasteiger partial charge in [0.25, 0.3) is 5.91 Å². The summed E-state index contributed by atoms with van der Waals surface area (Å²) >= 11 is 0. The van der Waals surface area contributed by atoms with Gasteiger partial charge in [-0.3, -0.25) is 4.79 Å². The Morgan fingerprint density at radius 2 is 1.96 bits per heavy atom. The number of para-hydroxylation sites is 1. The third-order valence-corrected chi connectivity index (χ3v) is 4.78. The van der Waals surface area contributed by atoms with Crippen LogP contribution in [0.2, 0.25) is 0 Å². The molecule has 0 radical (unpaired) electrons. The van der Waals surface area contributed by atoms with Crippen molar-refractivity contribution in [1.29, 1.82) is 0 Å². The Hall–Kier alpha value is -2.75. The van der Waals surface area contributed by atoms with E-state index in [0.29, 0.717) is 5.56 Å². The molecule has 1 atom stereocenters. The minimum absolute atomic E-state index is 0.0223. The molecule has 4 nitrogen and oxygen atoms in total. The van der Waals surface area contributed by atoms with E-state index in [-0.39, 0.29) is 11.9 Å². The summed E-state index contributed by atoms with van der Waals surface area (Å²) in [5, 5.41) is 4.45. The molecule has 2 aromatic carbocycles. The molecule has 1 heterocycles. The van der Waals surface area contributed by atoms with Crippen molar-refractivity contribution < 1.29 is 9.53 Å². The van der Waals surface area contributed by atoms with Gasteiger partial charge in [-0.2, -0.15) is 0 Å². The van der Waals surface area contributed by atoms with Gasteiger partial charge in [0.1, 0.15) is 5.75 Å². The molecule has 122 valence electrons. The van der Waals surface area contributed by atoms with Crippen molar-refractivity contribution in [3.63, 3.8) is 0 Å². The maximum atomic E-state index is 12.5. The van der Waals surface area contributed by atoms with E-state index in [1.807, 2.05) is 18.2 Å². The molecule has 0 spiro atoms. The molecular weight excluding hydrogens is 300 g/mol. The molecule has 0 fully saturated rings. The van der Waals surface area contributed by atoms with E-state index in [9.17, 15) is 4.79 Å². The lowest BCUT2D eigenvalue weighted by molar-refractivity contribution is 0.0933.